The van der Waals surface area contributed by atoms with Crippen LogP contribution in [0.25, 0.3) is 6.08 Å². The second-order valence-corrected chi connectivity index (χ2v) is 3.91. The summed E-state index contributed by atoms with van der Waals surface area (Å²) in [5, 5.41) is 11.5. The summed E-state index contributed by atoms with van der Waals surface area (Å²) in [4.78, 5) is 22.2. The van der Waals surface area contributed by atoms with E-state index in [1.165, 1.54) is 6.08 Å². The van der Waals surface area contributed by atoms with Gasteiger partial charge in [-0.15, -0.1) is 0 Å². The van der Waals surface area contributed by atoms with Crippen molar-refractivity contribution in [3.8, 4) is 0 Å². The zero-order valence-electron chi connectivity index (χ0n) is 10.1. The average molecular weight is 248 g/mol. The first-order chi connectivity index (χ1) is 8.49. The van der Waals surface area contributed by atoms with Gasteiger partial charge in [0.25, 0.3) is 0 Å². The summed E-state index contributed by atoms with van der Waals surface area (Å²) in [5.74, 6) is -0.768. The van der Waals surface area contributed by atoms with Crippen molar-refractivity contribution in [2.75, 3.05) is 6.54 Å². The number of benzene rings is 1. The van der Waals surface area contributed by atoms with E-state index in [0.717, 1.165) is 5.56 Å². The van der Waals surface area contributed by atoms with Crippen molar-refractivity contribution in [1.82, 2.24) is 5.32 Å². The Hall–Kier alpha value is -2.14. The average Bonchev–Trinajstić information content (AvgIpc) is 2.34. The van der Waals surface area contributed by atoms with Crippen molar-refractivity contribution in [3.63, 3.8) is 0 Å². The van der Waals surface area contributed by atoms with Gasteiger partial charge in [0, 0.05) is 18.2 Å². The van der Waals surface area contributed by atoms with E-state index in [9.17, 15) is 9.59 Å². The lowest BCUT2D eigenvalue weighted by Crippen LogP contribution is -2.28. The molecule has 18 heavy (non-hydrogen) atoms. The maximum Gasteiger partial charge on any atom is 0.248 e. The first kappa shape index (κ1) is 13.9. The van der Waals surface area contributed by atoms with Crippen molar-refractivity contribution >= 4 is 17.9 Å². The second-order valence-electron chi connectivity index (χ2n) is 3.91. The summed E-state index contributed by atoms with van der Waals surface area (Å²) in [6.07, 6.45) is 2.40. The van der Waals surface area contributed by atoms with Crippen LogP contribution in [0.3, 0.4) is 0 Å². The van der Waals surface area contributed by atoms with E-state index in [4.69, 9.17) is 10.8 Å². The Morgan fingerprint density at radius 2 is 2.00 bits per heavy atom. The Morgan fingerprint density at radius 3 is 2.50 bits per heavy atom. The van der Waals surface area contributed by atoms with Gasteiger partial charge in [-0.05, 0) is 30.7 Å². The highest BCUT2D eigenvalue weighted by Crippen LogP contribution is 2.05. The second kappa shape index (κ2) is 6.56. The van der Waals surface area contributed by atoms with E-state index in [1.807, 2.05) is 0 Å². The zero-order chi connectivity index (χ0) is 13.5. The molecule has 0 aliphatic rings. The van der Waals surface area contributed by atoms with Crippen LogP contribution in [0.4, 0.5) is 0 Å². The fraction of sp³-hybridized carbons (Fsp3) is 0.231. The number of carbonyl (C=O) groups is 2. The molecule has 0 spiro atoms. The number of rotatable bonds is 5. The third kappa shape index (κ3) is 4.80. The fourth-order valence-corrected chi connectivity index (χ4v) is 1.24. The summed E-state index contributed by atoms with van der Waals surface area (Å²) < 4.78 is 0. The van der Waals surface area contributed by atoms with Crippen LogP contribution in [0.15, 0.2) is 30.3 Å². The Balaban J connectivity index is 2.56. The number of nitrogens with one attached hydrogen (secondary N) is 1. The SMILES string of the molecule is C[C@@H](O)CNC(=O)/C=C/c1ccc(C(N)=O)cc1. The van der Waals surface area contributed by atoms with Gasteiger partial charge in [0.1, 0.15) is 0 Å². The fourth-order valence-electron chi connectivity index (χ4n) is 1.24. The molecule has 0 heterocycles. The molecule has 0 aliphatic carbocycles. The number of aliphatic hydroxyl groups is 1. The van der Waals surface area contributed by atoms with Gasteiger partial charge in [-0.1, -0.05) is 12.1 Å². The minimum atomic E-state index is -0.572. The topological polar surface area (TPSA) is 92.4 Å². The zero-order valence-corrected chi connectivity index (χ0v) is 10.1. The van der Waals surface area contributed by atoms with Crippen molar-refractivity contribution in [1.29, 1.82) is 0 Å². The van der Waals surface area contributed by atoms with Crippen molar-refractivity contribution in [2.24, 2.45) is 5.73 Å². The summed E-state index contributed by atoms with van der Waals surface area (Å²) in [7, 11) is 0. The lowest BCUT2D eigenvalue weighted by molar-refractivity contribution is -0.116. The standard InChI is InChI=1S/C13H16N2O3/c1-9(16)8-15-12(17)7-4-10-2-5-11(6-3-10)13(14)18/h2-7,9,16H,8H2,1H3,(H2,14,18)(H,15,17)/b7-4+/t9-/m1/s1. The molecule has 0 saturated carbocycles. The van der Waals surface area contributed by atoms with Crippen LogP contribution in [0.2, 0.25) is 0 Å². The van der Waals surface area contributed by atoms with Gasteiger partial charge in [-0.2, -0.15) is 0 Å². The molecule has 1 atom stereocenters. The Kier molecular flexibility index (Phi) is 5.07. The summed E-state index contributed by atoms with van der Waals surface area (Å²) in [6, 6.07) is 6.57. The molecule has 0 fully saturated rings. The third-order valence-corrected chi connectivity index (χ3v) is 2.19. The van der Waals surface area contributed by atoms with Crippen molar-refractivity contribution in [3.05, 3.63) is 41.5 Å². The van der Waals surface area contributed by atoms with E-state index in [-0.39, 0.29) is 12.5 Å². The minimum Gasteiger partial charge on any atom is -0.392 e. The molecule has 0 aliphatic heterocycles. The van der Waals surface area contributed by atoms with Crippen LogP contribution in [0.5, 0.6) is 0 Å². The molecule has 0 bridgehead atoms. The van der Waals surface area contributed by atoms with Crippen LogP contribution in [0, 0.1) is 0 Å². The molecule has 1 aromatic carbocycles. The molecule has 0 saturated heterocycles. The highest BCUT2D eigenvalue weighted by Gasteiger charge is 2.00. The highest BCUT2D eigenvalue weighted by molar-refractivity contribution is 5.94. The van der Waals surface area contributed by atoms with E-state index in [1.54, 1.807) is 37.3 Å². The van der Waals surface area contributed by atoms with Crippen LogP contribution in [0.1, 0.15) is 22.8 Å². The molecule has 4 N–H and O–H groups in total. The molecule has 0 unspecified atom stereocenters. The molecular weight excluding hydrogens is 232 g/mol. The van der Waals surface area contributed by atoms with E-state index < -0.39 is 12.0 Å². The van der Waals surface area contributed by atoms with Crippen molar-refractivity contribution in [2.45, 2.75) is 13.0 Å². The first-order valence-corrected chi connectivity index (χ1v) is 5.53. The molecule has 1 aromatic rings. The monoisotopic (exact) mass is 248 g/mol. The number of nitrogens with two attached hydrogens (primary N) is 1. The number of aliphatic hydroxyl groups excluding tert-OH is 1. The third-order valence-electron chi connectivity index (χ3n) is 2.19. The number of primary amides is 1. The lowest BCUT2D eigenvalue weighted by Gasteiger charge is -2.03. The van der Waals surface area contributed by atoms with Crippen LogP contribution < -0.4 is 11.1 Å². The number of hydrogen-bond donors (Lipinski definition) is 3. The largest absolute Gasteiger partial charge is 0.392 e. The number of carbonyl (C=O) groups excluding carboxylic acids is 2. The van der Waals surface area contributed by atoms with Gasteiger partial charge in [0.15, 0.2) is 0 Å². The van der Waals surface area contributed by atoms with E-state index >= 15 is 0 Å². The predicted octanol–water partition coefficient (Wildman–Crippen LogP) is 0.296. The quantitative estimate of drug-likeness (QED) is 0.654. The minimum absolute atomic E-state index is 0.212. The smallest absolute Gasteiger partial charge is 0.248 e. The van der Waals surface area contributed by atoms with Gasteiger partial charge in [-0.3, -0.25) is 9.59 Å². The molecule has 5 nitrogen and oxygen atoms in total. The Morgan fingerprint density at radius 1 is 1.39 bits per heavy atom. The van der Waals surface area contributed by atoms with Gasteiger partial charge < -0.3 is 16.2 Å². The number of amides is 2. The highest BCUT2D eigenvalue weighted by atomic mass is 16.3. The first-order valence-electron chi connectivity index (χ1n) is 5.53. The lowest BCUT2D eigenvalue weighted by atomic mass is 10.1. The predicted molar refractivity (Wildman–Crippen MR) is 68.7 cm³/mol. The molecular formula is C13H16N2O3. The van der Waals surface area contributed by atoms with Crippen LogP contribution in [-0.4, -0.2) is 29.6 Å². The van der Waals surface area contributed by atoms with E-state index in [2.05, 4.69) is 5.32 Å². The van der Waals surface area contributed by atoms with Gasteiger partial charge in [0.2, 0.25) is 11.8 Å². The molecule has 2 amide bonds. The van der Waals surface area contributed by atoms with Crippen molar-refractivity contribution < 1.29 is 14.7 Å². The maximum absolute atomic E-state index is 11.3. The molecule has 0 aromatic heterocycles. The summed E-state index contributed by atoms with van der Waals surface area (Å²) in [6.45, 7) is 1.80. The molecule has 5 heteroatoms. The normalized spacial score (nSPS) is 12.3. The molecule has 1 rings (SSSR count). The molecule has 96 valence electrons. The van der Waals surface area contributed by atoms with Gasteiger partial charge in [-0.25, -0.2) is 0 Å². The molecule has 0 radical (unpaired) electrons. The Labute approximate surface area is 105 Å². The summed E-state index contributed by atoms with van der Waals surface area (Å²) in [5.41, 5.74) is 6.32. The van der Waals surface area contributed by atoms with Crippen LogP contribution >= 0.6 is 0 Å². The maximum atomic E-state index is 11.3. The van der Waals surface area contributed by atoms with Gasteiger partial charge in [0.05, 0.1) is 6.10 Å². The van der Waals surface area contributed by atoms with Gasteiger partial charge >= 0.3 is 0 Å². The summed E-state index contributed by atoms with van der Waals surface area (Å²) >= 11 is 0. The number of hydrogen-bond acceptors (Lipinski definition) is 3. The van der Waals surface area contributed by atoms with E-state index in [0.29, 0.717) is 5.56 Å². The Bertz CT molecular complexity index is 450. The van der Waals surface area contributed by atoms with Crippen LogP contribution in [-0.2, 0) is 4.79 Å².